The maximum Gasteiger partial charge on any atom is 0.251 e. The molecule has 0 radical (unpaired) electrons. The lowest BCUT2D eigenvalue weighted by atomic mass is 9.92. The quantitative estimate of drug-likeness (QED) is 0.224. The van der Waals surface area contributed by atoms with Crippen LogP contribution in [0.1, 0.15) is 22.3 Å². The zero-order chi connectivity index (χ0) is 23.9. The Kier molecular flexibility index (Phi) is 7.37. The largest absolute Gasteiger partial charge is 0.456 e. The first kappa shape index (κ1) is 23.2. The molecule has 0 spiro atoms. The van der Waals surface area contributed by atoms with E-state index >= 15 is 0 Å². The number of aliphatic hydroxyl groups is 1. The van der Waals surface area contributed by atoms with E-state index in [4.69, 9.17) is 9.62 Å². The van der Waals surface area contributed by atoms with Crippen molar-refractivity contribution in [1.82, 2.24) is 10.8 Å². The Morgan fingerprint density at radius 1 is 0.912 bits per heavy atom. The number of amides is 2. The van der Waals surface area contributed by atoms with Gasteiger partial charge < -0.3 is 14.8 Å². The van der Waals surface area contributed by atoms with Gasteiger partial charge in [-0.15, -0.1) is 0 Å². The van der Waals surface area contributed by atoms with Crippen molar-refractivity contribution in [3.05, 3.63) is 96.1 Å². The normalized spacial score (nSPS) is 12.8. The number of para-hydroxylation sites is 1. The average Bonchev–Trinajstić information content (AvgIpc) is 3.32. The third kappa shape index (κ3) is 5.51. The Balaban J connectivity index is 1.42. The van der Waals surface area contributed by atoms with Gasteiger partial charge in [-0.25, -0.2) is 5.48 Å². The molecule has 174 valence electrons. The van der Waals surface area contributed by atoms with Crippen LogP contribution in [0.5, 0.6) is 0 Å². The Labute approximate surface area is 197 Å². The lowest BCUT2D eigenvalue weighted by Gasteiger charge is -2.22. The van der Waals surface area contributed by atoms with Gasteiger partial charge in [-0.2, -0.15) is 0 Å². The van der Waals surface area contributed by atoms with Gasteiger partial charge in [-0.3, -0.25) is 14.8 Å². The Morgan fingerprint density at radius 3 is 2.29 bits per heavy atom. The summed E-state index contributed by atoms with van der Waals surface area (Å²) >= 11 is 0. The van der Waals surface area contributed by atoms with Gasteiger partial charge in [-0.05, 0) is 42.7 Å². The molecule has 0 aliphatic heterocycles. The topological polar surface area (TPSA) is 112 Å². The van der Waals surface area contributed by atoms with E-state index in [9.17, 15) is 14.7 Å². The van der Waals surface area contributed by atoms with Crippen LogP contribution in [0.4, 0.5) is 0 Å². The molecule has 0 aliphatic rings. The molecule has 2 amide bonds. The molecule has 0 fully saturated rings. The van der Waals surface area contributed by atoms with Crippen molar-refractivity contribution in [2.45, 2.75) is 18.9 Å². The van der Waals surface area contributed by atoms with E-state index in [1.54, 1.807) is 29.7 Å². The summed E-state index contributed by atoms with van der Waals surface area (Å²) in [5, 5.41) is 22.8. The molecule has 7 nitrogen and oxygen atoms in total. The first-order valence-electron chi connectivity index (χ1n) is 11.1. The van der Waals surface area contributed by atoms with Gasteiger partial charge in [0.25, 0.3) is 5.91 Å². The van der Waals surface area contributed by atoms with Gasteiger partial charge >= 0.3 is 0 Å². The van der Waals surface area contributed by atoms with Crippen molar-refractivity contribution in [3.8, 4) is 11.3 Å². The molecule has 0 bridgehead atoms. The summed E-state index contributed by atoms with van der Waals surface area (Å²) in [6, 6.07) is 25.4. The predicted octanol–water partition coefficient (Wildman–Crippen LogP) is 3.94. The van der Waals surface area contributed by atoms with Crippen LogP contribution in [-0.2, 0) is 11.2 Å². The number of hydrogen-bond donors (Lipinski definition) is 4. The average molecular weight is 459 g/mol. The summed E-state index contributed by atoms with van der Waals surface area (Å²) in [6.07, 6.45) is 0.534. The second kappa shape index (κ2) is 10.8. The first-order valence-corrected chi connectivity index (χ1v) is 11.1. The van der Waals surface area contributed by atoms with E-state index in [0.29, 0.717) is 17.7 Å². The molecular formula is C27H26N2O5. The number of rotatable bonds is 9. The van der Waals surface area contributed by atoms with Crippen LogP contribution in [0, 0.1) is 5.92 Å². The van der Waals surface area contributed by atoms with E-state index in [2.05, 4.69) is 5.32 Å². The second-order valence-electron chi connectivity index (χ2n) is 8.18. The summed E-state index contributed by atoms with van der Waals surface area (Å²) in [5.41, 5.74) is 4.66. The van der Waals surface area contributed by atoms with E-state index in [1.807, 2.05) is 60.7 Å². The van der Waals surface area contributed by atoms with Crippen molar-refractivity contribution >= 4 is 22.8 Å². The molecule has 4 rings (SSSR count). The van der Waals surface area contributed by atoms with Crippen LogP contribution in [0.3, 0.4) is 0 Å². The monoisotopic (exact) mass is 458 g/mol. The molecule has 0 aliphatic carbocycles. The van der Waals surface area contributed by atoms with Gasteiger partial charge in [-0.1, -0.05) is 60.7 Å². The van der Waals surface area contributed by atoms with Crippen molar-refractivity contribution in [3.63, 3.8) is 0 Å². The minimum Gasteiger partial charge on any atom is -0.456 e. The van der Waals surface area contributed by atoms with Gasteiger partial charge in [0, 0.05) is 22.4 Å². The van der Waals surface area contributed by atoms with Gasteiger partial charge in [0.1, 0.15) is 11.3 Å². The molecule has 1 aromatic heterocycles. The highest BCUT2D eigenvalue weighted by Gasteiger charge is 2.24. The molecule has 3 aromatic carbocycles. The van der Waals surface area contributed by atoms with Crippen LogP contribution < -0.4 is 10.8 Å². The SMILES string of the molecule is O=C(N[C@H](CO)C[C@@H](Cc1ccccc1)C(=O)NO)c1ccc(-c2cc3ccccc3o2)cc1. The number of nitrogens with one attached hydrogen (secondary N) is 2. The highest BCUT2D eigenvalue weighted by molar-refractivity contribution is 5.95. The minimum atomic E-state index is -0.659. The fraction of sp³-hybridized carbons (Fsp3) is 0.185. The van der Waals surface area contributed by atoms with E-state index < -0.39 is 17.9 Å². The highest BCUT2D eigenvalue weighted by Crippen LogP contribution is 2.27. The molecule has 2 atom stereocenters. The predicted molar refractivity (Wildman–Crippen MR) is 128 cm³/mol. The molecule has 0 saturated carbocycles. The van der Waals surface area contributed by atoms with Gasteiger partial charge in [0.2, 0.25) is 5.91 Å². The van der Waals surface area contributed by atoms with Crippen molar-refractivity contribution in [2.24, 2.45) is 5.92 Å². The summed E-state index contributed by atoms with van der Waals surface area (Å²) < 4.78 is 5.87. The zero-order valence-corrected chi connectivity index (χ0v) is 18.5. The maximum atomic E-state index is 12.8. The minimum absolute atomic E-state index is 0.167. The molecule has 4 N–H and O–H groups in total. The first-order chi connectivity index (χ1) is 16.6. The summed E-state index contributed by atoms with van der Waals surface area (Å²) in [6.45, 7) is -0.340. The third-order valence-corrected chi connectivity index (χ3v) is 5.79. The molecule has 0 saturated heterocycles. The zero-order valence-electron chi connectivity index (χ0n) is 18.5. The van der Waals surface area contributed by atoms with Crippen molar-refractivity contribution in [2.75, 3.05) is 6.61 Å². The molecule has 1 heterocycles. The molecule has 0 unspecified atom stereocenters. The fourth-order valence-electron chi connectivity index (χ4n) is 3.97. The van der Waals surface area contributed by atoms with Gasteiger partial charge in [0.15, 0.2) is 0 Å². The Bertz CT molecular complexity index is 1220. The summed E-state index contributed by atoms with van der Waals surface area (Å²) in [7, 11) is 0. The smallest absolute Gasteiger partial charge is 0.251 e. The highest BCUT2D eigenvalue weighted by atomic mass is 16.5. The summed E-state index contributed by atoms with van der Waals surface area (Å²) in [4.78, 5) is 25.0. The number of carbonyl (C=O) groups is 2. The Morgan fingerprint density at radius 2 is 1.62 bits per heavy atom. The third-order valence-electron chi connectivity index (χ3n) is 5.79. The Hall–Kier alpha value is -3.94. The van der Waals surface area contributed by atoms with Crippen LogP contribution in [-0.4, -0.2) is 34.8 Å². The molecular weight excluding hydrogens is 432 g/mol. The molecule has 4 aromatic rings. The van der Waals surface area contributed by atoms with Crippen LogP contribution >= 0.6 is 0 Å². The number of aliphatic hydroxyl groups excluding tert-OH is 1. The van der Waals surface area contributed by atoms with Crippen molar-refractivity contribution in [1.29, 1.82) is 0 Å². The summed E-state index contributed by atoms with van der Waals surface area (Å²) in [5.74, 6) is -0.842. The van der Waals surface area contributed by atoms with E-state index in [0.717, 1.165) is 22.1 Å². The number of hydrogen-bond acceptors (Lipinski definition) is 5. The van der Waals surface area contributed by atoms with Gasteiger partial charge in [0.05, 0.1) is 12.6 Å². The number of fused-ring (bicyclic) bond motifs is 1. The second-order valence-corrected chi connectivity index (χ2v) is 8.18. The van der Waals surface area contributed by atoms with E-state index in [1.165, 1.54) is 0 Å². The lowest BCUT2D eigenvalue weighted by molar-refractivity contribution is -0.133. The van der Waals surface area contributed by atoms with Crippen molar-refractivity contribution < 1.29 is 24.3 Å². The maximum absolute atomic E-state index is 12.8. The fourth-order valence-corrected chi connectivity index (χ4v) is 3.97. The van der Waals surface area contributed by atoms with Crippen LogP contribution in [0.15, 0.2) is 89.3 Å². The van der Waals surface area contributed by atoms with E-state index in [-0.39, 0.29) is 18.9 Å². The molecule has 34 heavy (non-hydrogen) atoms. The number of hydroxylamine groups is 1. The van der Waals surface area contributed by atoms with Crippen LogP contribution in [0.2, 0.25) is 0 Å². The lowest BCUT2D eigenvalue weighted by Crippen LogP contribution is -2.42. The number of benzene rings is 3. The number of furan rings is 1. The number of carbonyl (C=O) groups excluding carboxylic acids is 2. The standard InChI is InChI=1S/C27H26N2O5/c30-17-23(15-22(27(32)29-33)14-18-6-2-1-3-7-18)28-26(31)20-12-10-19(11-13-20)25-16-21-8-4-5-9-24(21)34-25/h1-13,16,22-23,30,33H,14-15,17H2,(H,28,31)(H,29,32)/t22-,23+/m1/s1. The van der Waals surface area contributed by atoms with Crippen LogP contribution in [0.25, 0.3) is 22.3 Å². The molecule has 7 heteroatoms.